The average Bonchev–Trinajstić information content (AvgIpc) is 2.79. The number of nitrogens with zero attached hydrogens (tertiary/aromatic N) is 1. The Morgan fingerprint density at radius 1 is 0.844 bits per heavy atom. The molecule has 32 heavy (non-hydrogen) atoms. The van der Waals surface area contributed by atoms with Crippen LogP contribution in [0, 0.1) is 5.92 Å². The molecule has 0 radical (unpaired) electrons. The highest BCUT2D eigenvalue weighted by Crippen LogP contribution is 2.17. The zero-order valence-corrected chi connectivity index (χ0v) is 18.8. The summed E-state index contributed by atoms with van der Waals surface area (Å²) in [6, 6.07) is 14.3. The van der Waals surface area contributed by atoms with Crippen LogP contribution >= 0.6 is 0 Å². The molecule has 1 heterocycles. The van der Waals surface area contributed by atoms with Crippen molar-refractivity contribution >= 4 is 34.8 Å². The molecule has 1 saturated heterocycles. The van der Waals surface area contributed by atoms with Gasteiger partial charge in [0.2, 0.25) is 11.8 Å². The van der Waals surface area contributed by atoms with Gasteiger partial charge >= 0.3 is 0 Å². The van der Waals surface area contributed by atoms with Crippen molar-refractivity contribution < 1.29 is 14.4 Å². The van der Waals surface area contributed by atoms with Crippen LogP contribution in [0.3, 0.4) is 0 Å². The van der Waals surface area contributed by atoms with Crippen LogP contribution in [0.15, 0.2) is 48.5 Å². The van der Waals surface area contributed by atoms with Crippen LogP contribution in [0.2, 0.25) is 0 Å². The number of hydrogen-bond acceptors (Lipinski definition) is 4. The molecule has 7 heteroatoms. The second-order valence-corrected chi connectivity index (χ2v) is 8.56. The summed E-state index contributed by atoms with van der Waals surface area (Å²) in [6.07, 6.45) is 3.75. The fourth-order valence-corrected chi connectivity index (χ4v) is 3.65. The Labute approximate surface area is 189 Å². The van der Waals surface area contributed by atoms with Gasteiger partial charge in [-0.3, -0.25) is 14.4 Å². The Hall–Kier alpha value is -3.35. The molecule has 7 nitrogen and oxygen atoms in total. The first-order chi connectivity index (χ1) is 15.4. The minimum atomic E-state index is -0.200. The van der Waals surface area contributed by atoms with Gasteiger partial charge in [0, 0.05) is 42.1 Å². The number of hydrogen-bond donors (Lipinski definition) is 3. The van der Waals surface area contributed by atoms with Gasteiger partial charge in [0.05, 0.1) is 6.54 Å². The number of anilines is 3. The molecule has 1 fully saturated rings. The lowest BCUT2D eigenvalue weighted by molar-refractivity contribution is -0.117. The molecule has 2 aromatic carbocycles. The minimum absolute atomic E-state index is 0.0259. The molecule has 3 rings (SSSR count). The lowest BCUT2D eigenvalue weighted by Crippen LogP contribution is -2.35. The second kappa shape index (κ2) is 11.3. The van der Waals surface area contributed by atoms with Crippen LogP contribution in [0.25, 0.3) is 0 Å². The van der Waals surface area contributed by atoms with Crippen molar-refractivity contribution in [3.63, 3.8) is 0 Å². The zero-order chi connectivity index (χ0) is 22.9. The van der Waals surface area contributed by atoms with Crippen molar-refractivity contribution in [3.05, 3.63) is 54.1 Å². The first kappa shape index (κ1) is 23.3. The Bertz CT molecular complexity index is 934. The van der Waals surface area contributed by atoms with Crippen molar-refractivity contribution in [1.29, 1.82) is 0 Å². The molecule has 170 valence electrons. The van der Waals surface area contributed by atoms with Crippen LogP contribution in [0.1, 0.15) is 49.9 Å². The average molecular weight is 437 g/mol. The van der Waals surface area contributed by atoms with E-state index >= 15 is 0 Å². The molecule has 1 aliphatic rings. The number of amides is 3. The Morgan fingerprint density at radius 3 is 2.09 bits per heavy atom. The predicted molar refractivity (Wildman–Crippen MR) is 128 cm³/mol. The third kappa shape index (κ3) is 7.11. The molecule has 3 amide bonds. The van der Waals surface area contributed by atoms with Gasteiger partial charge in [-0.1, -0.05) is 19.9 Å². The SMILES string of the molecule is CC(C)CC(=O)Nc1ccc(NC(=O)CNc2cccc(C(=O)N3CCCCC3)c2)cc1. The third-order valence-electron chi connectivity index (χ3n) is 5.25. The van der Waals surface area contributed by atoms with Gasteiger partial charge in [-0.05, 0) is 67.6 Å². The maximum atomic E-state index is 12.7. The quantitative estimate of drug-likeness (QED) is 0.574. The molecule has 2 aromatic rings. The molecule has 0 atom stereocenters. The topological polar surface area (TPSA) is 90.5 Å². The molecule has 0 saturated carbocycles. The Balaban J connectivity index is 1.48. The minimum Gasteiger partial charge on any atom is -0.376 e. The van der Waals surface area contributed by atoms with Crippen molar-refractivity contribution in [3.8, 4) is 0 Å². The number of carbonyl (C=O) groups excluding carboxylic acids is 3. The van der Waals surface area contributed by atoms with Crippen LogP contribution in [0.5, 0.6) is 0 Å². The van der Waals surface area contributed by atoms with Crippen LogP contribution < -0.4 is 16.0 Å². The summed E-state index contributed by atoms with van der Waals surface area (Å²) in [4.78, 5) is 38.7. The smallest absolute Gasteiger partial charge is 0.253 e. The summed E-state index contributed by atoms with van der Waals surface area (Å²) in [5.74, 6) is 0.111. The van der Waals surface area contributed by atoms with Crippen molar-refractivity contribution in [1.82, 2.24) is 4.90 Å². The van der Waals surface area contributed by atoms with Gasteiger partial charge in [0.25, 0.3) is 5.91 Å². The van der Waals surface area contributed by atoms with E-state index in [1.54, 1.807) is 30.3 Å². The summed E-state index contributed by atoms with van der Waals surface area (Å²) in [6.45, 7) is 5.68. The molecule has 0 unspecified atom stereocenters. The first-order valence-corrected chi connectivity index (χ1v) is 11.2. The summed E-state index contributed by atoms with van der Waals surface area (Å²) >= 11 is 0. The van der Waals surface area contributed by atoms with Gasteiger partial charge in [0.15, 0.2) is 0 Å². The number of carbonyl (C=O) groups is 3. The number of rotatable bonds is 8. The second-order valence-electron chi connectivity index (χ2n) is 8.56. The largest absolute Gasteiger partial charge is 0.376 e. The molecule has 0 bridgehead atoms. The van der Waals surface area contributed by atoms with Gasteiger partial charge in [-0.25, -0.2) is 0 Å². The van der Waals surface area contributed by atoms with E-state index in [4.69, 9.17) is 0 Å². The molecular formula is C25H32N4O3. The van der Waals surface area contributed by atoms with Crippen LogP contribution in [-0.2, 0) is 9.59 Å². The van der Waals surface area contributed by atoms with Crippen molar-refractivity contribution in [2.75, 3.05) is 35.6 Å². The van der Waals surface area contributed by atoms with E-state index in [-0.39, 0.29) is 24.3 Å². The summed E-state index contributed by atoms with van der Waals surface area (Å²) in [5.41, 5.74) is 2.70. The highest BCUT2D eigenvalue weighted by atomic mass is 16.2. The van der Waals surface area contributed by atoms with Crippen molar-refractivity contribution in [2.45, 2.75) is 39.5 Å². The Kier molecular flexibility index (Phi) is 8.25. The van der Waals surface area contributed by atoms with Crippen molar-refractivity contribution in [2.24, 2.45) is 5.92 Å². The fourth-order valence-electron chi connectivity index (χ4n) is 3.65. The fraction of sp³-hybridized carbons (Fsp3) is 0.400. The number of benzene rings is 2. The number of piperidine rings is 1. The molecule has 0 aliphatic carbocycles. The maximum absolute atomic E-state index is 12.7. The summed E-state index contributed by atoms with van der Waals surface area (Å²) < 4.78 is 0. The third-order valence-corrected chi connectivity index (χ3v) is 5.25. The summed E-state index contributed by atoms with van der Waals surface area (Å²) in [7, 11) is 0. The number of likely N-dealkylation sites (tertiary alicyclic amines) is 1. The predicted octanol–water partition coefficient (Wildman–Crippen LogP) is 4.35. The van der Waals surface area contributed by atoms with E-state index in [0.29, 0.717) is 29.3 Å². The molecular weight excluding hydrogens is 404 g/mol. The molecule has 0 spiro atoms. The monoisotopic (exact) mass is 436 g/mol. The zero-order valence-electron chi connectivity index (χ0n) is 18.8. The molecule has 1 aliphatic heterocycles. The van der Waals surface area contributed by atoms with E-state index in [0.717, 1.165) is 31.6 Å². The lowest BCUT2D eigenvalue weighted by atomic mass is 10.1. The molecule has 0 aromatic heterocycles. The molecule has 3 N–H and O–H groups in total. The highest BCUT2D eigenvalue weighted by molar-refractivity contribution is 5.96. The summed E-state index contributed by atoms with van der Waals surface area (Å²) in [5, 5.41) is 8.75. The van der Waals surface area contributed by atoms with Gasteiger partial charge in [-0.2, -0.15) is 0 Å². The standard InChI is InChI=1S/C25H32N4O3/c1-18(2)15-23(30)27-20-9-11-21(12-10-20)28-24(31)17-26-22-8-6-7-19(16-22)25(32)29-13-4-3-5-14-29/h6-12,16,18,26H,3-5,13-15,17H2,1-2H3,(H,27,30)(H,28,31). The van der Waals surface area contributed by atoms with E-state index in [1.165, 1.54) is 6.42 Å². The van der Waals surface area contributed by atoms with E-state index in [9.17, 15) is 14.4 Å². The Morgan fingerprint density at radius 2 is 1.47 bits per heavy atom. The number of nitrogens with one attached hydrogen (secondary N) is 3. The maximum Gasteiger partial charge on any atom is 0.253 e. The van der Waals surface area contributed by atoms with E-state index in [2.05, 4.69) is 16.0 Å². The van der Waals surface area contributed by atoms with E-state index < -0.39 is 0 Å². The van der Waals surface area contributed by atoms with Gasteiger partial charge in [-0.15, -0.1) is 0 Å². The van der Waals surface area contributed by atoms with Gasteiger partial charge in [0.1, 0.15) is 0 Å². The van der Waals surface area contributed by atoms with Crippen LogP contribution in [0.4, 0.5) is 17.1 Å². The highest BCUT2D eigenvalue weighted by Gasteiger charge is 2.18. The van der Waals surface area contributed by atoms with E-state index in [1.807, 2.05) is 36.9 Å². The van der Waals surface area contributed by atoms with Gasteiger partial charge < -0.3 is 20.9 Å². The lowest BCUT2D eigenvalue weighted by Gasteiger charge is -2.26. The normalized spacial score (nSPS) is 13.5. The van der Waals surface area contributed by atoms with Crippen LogP contribution in [-0.4, -0.2) is 42.3 Å². The first-order valence-electron chi connectivity index (χ1n) is 11.2.